The van der Waals surface area contributed by atoms with Crippen molar-refractivity contribution in [1.29, 1.82) is 0 Å². The van der Waals surface area contributed by atoms with Crippen LogP contribution in [0.15, 0.2) is 11.6 Å². The summed E-state index contributed by atoms with van der Waals surface area (Å²) in [6.07, 6.45) is 6.69. The minimum atomic E-state index is -0.337. The second-order valence-corrected chi connectivity index (χ2v) is 10.2. The molecule has 9 atom stereocenters. The molecule has 0 aromatic heterocycles. The molecule has 0 radical (unpaired) electrons. The predicted octanol–water partition coefficient (Wildman–Crippen LogP) is 3.02. The summed E-state index contributed by atoms with van der Waals surface area (Å²) in [6.45, 7) is 4.58. The van der Waals surface area contributed by atoms with E-state index < -0.39 is 0 Å². The maximum Gasteiger partial charge on any atom is 0.0724 e. The number of fused-ring (bicyclic) bond motifs is 5. The van der Waals surface area contributed by atoms with E-state index in [-0.39, 0.29) is 39.9 Å². The van der Waals surface area contributed by atoms with E-state index in [0.29, 0.717) is 18.3 Å². The first kappa shape index (κ1) is 16.6. The third kappa shape index (κ3) is 2.17. The average molecular weight is 385 g/mol. The monoisotopic (exact) mass is 384 g/mol. The smallest absolute Gasteiger partial charge is 0.0724 e. The number of alkyl halides is 1. The van der Waals surface area contributed by atoms with Crippen LogP contribution < -0.4 is 0 Å². The summed E-state index contributed by atoms with van der Waals surface area (Å²) in [4.78, 5) is 0.154. The molecule has 4 heteroatoms. The molecule has 0 saturated heterocycles. The van der Waals surface area contributed by atoms with Crippen molar-refractivity contribution < 1.29 is 15.3 Å². The molecule has 0 heterocycles. The molecule has 3 saturated carbocycles. The van der Waals surface area contributed by atoms with Crippen LogP contribution in [0.5, 0.6) is 0 Å². The van der Waals surface area contributed by atoms with Crippen LogP contribution in [0.4, 0.5) is 0 Å². The van der Waals surface area contributed by atoms with Crippen LogP contribution in [0.2, 0.25) is 0 Å². The Labute approximate surface area is 147 Å². The molecular formula is C19H29BrO3. The lowest BCUT2D eigenvalue weighted by Crippen LogP contribution is -2.56. The van der Waals surface area contributed by atoms with Crippen LogP contribution >= 0.6 is 15.9 Å². The lowest BCUT2D eigenvalue weighted by atomic mass is 9.46. The van der Waals surface area contributed by atoms with Gasteiger partial charge in [-0.1, -0.05) is 41.4 Å². The van der Waals surface area contributed by atoms with Gasteiger partial charge in [0.25, 0.3) is 0 Å². The van der Waals surface area contributed by atoms with E-state index in [4.69, 9.17) is 0 Å². The van der Waals surface area contributed by atoms with Gasteiger partial charge in [-0.2, -0.15) is 0 Å². The van der Waals surface area contributed by atoms with Crippen LogP contribution in [-0.2, 0) is 0 Å². The summed E-state index contributed by atoms with van der Waals surface area (Å²) in [5.74, 6) is 1.15. The van der Waals surface area contributed by atoms with Crippen molar-refractivity contribution in [3.8, 4) is 0 Å². The van der Waals surface area contributed by atoms with Gasteiger partial charge in [-0.3, -0.25) is 0 Å². The summed E-state index contributed by atoms with van der Waals surface area (Å²) in [5, 5.41) is 31.7. The topological polar surface area (TPSA) is 60.7 Å². The van der Waals surface area contributed by atoms with Gasteiger partial charge in [0.2, 0.25) is 0 Å². The standard InChI is InChI=1S/C19H29BrO3/c1-18-5-3-11(21)7-10(18)8-15(22)16-12(18)4-6-19(2)13(16)9-14(20)17(19)23/h7,11-17,21-23H,3-6,8-9H2,1-2H3/t11-,12-,13-,14+,15-,16+,17+,18-,19-/m0/s1. The van der Waals surface area contributed by atoms with Gasteiger partial charge < -0.3 is 15.3 Å². The lowest BCUT2D eigenvalue weighted by molar-refractivity contribution is -0.121. The highest BCUT2D eigenvalue weighted by Crippen LogP contribution is 2.65. The number of rotatable bonds is 0. The van der Waals surface area contributed by atoms with Crippen molar-refractivity contribution in [2.75, 3.05) is 0 Å². The van der Waals surface area contributed by atoms with Gasteiger partial charge >= 0.3 is 0 Å². The van der Waals surface area contributed by atoms with Gasteiger partial charge in [-0.05, 0) is 67.1 Å². The first-order valence-corrected chi connectivity index (χ1v) is 10.1. The molecule has 0 aliphatic heterocycles. The highest BCUT2D eigenvalue weighted by molar-refractivity contribution is 9.09. The zero-order chi connectivity index (χ0) is 16.6. The number of halogens is 1. The van der Waals surface area contributed by atoms with Gasteiger partial charge in [0.1, 0.15) is 0 Å². The molecule has 0 aromatic rings. The number of aliphatic hydroxyl groups is 3. The zero-order valence-electron chi connectivity index (χ0n) is 14.1. The average Bonchev–Trinajstić information content (AvgIpc) is 2.73. The van der Waals surface area contributed by atoms with Gasteiger partial charge in [-0.15, -0.1) is 0 Å². The van der Waals surface area contributed by atoms with Crippen LogP contribution in [0, 0.1) is 28.6 Å². The summed E-state index contributed by atoms with van der Waals surface area (Å²) in [5.41, 5.74) is 1.34. The van der Waals surface area contributed by atoms with E-state index in [9.17, 15) is 15.3 Å². The van der Waals surface area contributed by atoms with E-state index in [0.717, 1.165) is 32.1 Å². The Morgan fingerprint density at radius 1 is 1.09 bits per heavy atom. The van der Waals surface area contributed by atoms with Gasteiger partial charge in [0.05, 0.1) is 18.3 Å². The Balaban J connectivity index is 1.73. The zero-order valence-corrected chi connectivity index (χ0v) is 15.7. The number of hydrogen-bond donors (Lipinski definition) is 3. The molecular weight excluding hydrogens is 356 g/mol. The molecule has 3 nitrogen and oxygen atoms in total. The number of hydrogen-bond acceptors (Lipinski definition) is 3. The quantitative estimate of drug-likeness (QED) is 0.444. The van der Waals surface area contributed by atoms with Crippen molar-refractivity contribution in [2.45, 2.75) is 75.5 Å². The Morgan fingerprint density at radius 3 is 2.57 bits per heavy atom. The highest BCUT2D eigenvalue weighted by Gasteiger charge is 2.62. The van der Waals surface area contributed by atoms with Gasteiger partial charge in [0, 0.05) is 4.83 Å². The van der Waals surface area contributed by atoms with E-state index in [2.05, 4.69) is 29.8 Å². The fourth-order valence-corrected chi connectivity index (χ4v) is 7.63. The lowest BCUT2D eigenvalue weighted by Gasteiger charge is -2.59. The maximum absolute atomic E-state index is 11.0. The largest absolute Gasteiger partial charge is 0.392 e. The van der Waals surface area contributed by atoms with Crippen LogP contribution in [0.1, 0.15) is 52.4 Å². The van der Waals surface area contributed by atoms with Gasteiger partial charge in [0.15, 0.2) is 0 Å². The molecule has 3 N–H and O–H groups in total. The third-order valence-electron chi connectivity index (χ3n) is 8.05. The Bertz CT molecular complexity index is 535. The van der Waals surface area contributed by atoms with Crippen molar-refractivity contribution in [2.24, 2.45) is 28.6 Å². The summed E-state index contributed by atoms with van der Waals surface area (Å²) in [6, 6.07) is 0. The van der Waals surface area contributed by atoms with Crippen molar-refractivity contribution in [3.63, 3.8) is 0 Å². The normalized spacial score (nSPS) is 58.9. The molecule has 0 bridgehead atoms. The Hall–Kier alpha value is 0.1000. The molecule has 0 aromatic carbocycles. The summed E-state index contributed by atoms with van der Waals surface area (Å²) < 4.78 is 0. The molecule has 0 amide bonds. The molecule has 3 fully saturated rings. The minimum Gasteiger partial charge on any atom is -0.392 e. The molecule has 130 valence electrons. The highest BCUT2D eigenvalue weighted by atomic mass is 79.9. The molecule has 4 aliphatic rings. The van der Waals surface area contributed by atoms with Crippen molar-refractivity contribution in [3.05, 3.63) is 11.6 Å². The molecule has 0 spiro atoms. The molecule has 0 unspecified atom stereocenters. The van der Waals surface area contributed by atoms with E-state index >= 15 is 0 Å². The van der Waals surface area contributed by atoms with Crippen molar-refractivity contribution >= 4 is 15.9 Å². The fraction of sp³-hybridized carbons (Fsp3) is 0.895. The van der Waals surface area contributed by atoms with E-state index in [1.54, 1.807) is 0 Å². The molecule has 23 heavy (non-hydrogen) atoms. The maximum atomic E-state index is 11.0. The molecule has 4 rings (SSSR count). The minimum absolute atomic E-state index is 0.0674. The fourth-order valence-electron chi connectivity index (χ4n) is 6.62. The Kier molecular flexibility index (Phi) is 3.81. The van der Waals surface area contributed by atoms with Crippen LogP contribution in [0.25, 0.3) is 0 Å². The first-order chi connectivity index (χ1) is 10.8. The number of aliphatic hydroxyl groups excluding tert-OH is 3. The van der Waals surface area contributed by atoms with Crippen molar-refractivity contribution in [1.82, 2.24) is 0 Å². The van der Waals surface area contributed by atoms with Gasteiger partial charge in [-0.25, -0.2) is 0 Å². The van der Waals surface area contributed by atoms with E-state index in [1.165, 1.54) is 5.57 Å². The second kappa shape index (κ2) is 5.30. The SMILES string of the molecule is C[C@]12CC[C@H]3[C@@H]([C@@H](O)CC4=C[C@@H](O)CC[C@@]43C)[C@@H]1C[C@@H](Br)[C@H]2O. The Morgan fingerprint density at radius 2 is 1.83 bits per heavy atom. The predicted molar refractivity (Wildman–Crippen MR) is 93.2 cm³/mol. The first-order valence-electron chi connectivity index (χ1n) is 9.17. The van der Waals surface area contributed by atoms with Crippen LogP contribution in [0.3, 0.4) is 0 Å². The second-order valence-electron chi connectivity index (χ2n) is 9.02. The van der Waals surface area contributed by atoms with Crippen LogP contribution in [-0.4, -0.2) is 38.5 Å². The summed E-state index contributed by atoms with van der Waals surface area (Å²) in [7, 11) is 0. The molecule has 4 aliphatic carbocycles. The van der Waals surface area contributed by atoms with E-state index in [1.807, 2.05) is 6.08 Å². The summed E-state index contributed by atoms with van der Waals surface area (Å²) >= 11 is 3.68. The third-order valence-corrected chi connectivity index (χ3v) is 8.92.